The van der Waals surface area contributed by atoms with Crippen LogP contribution in [0.2, 0.25) is 0 Å². The number of para-hydroxylation sites is 2. The molecule has 0 atom stereocenters. The Labute approximate surface area is 141 Å². The standard InChI is InChI=1S/C22H16O2/c1-2-7-15(8-3-1)16-10-6-11-18-20-13-23-21-12-5-4-9-17(21)19(20)14-24-22(16)18/h1-12H,13-14H2. The summed E-state index contributed by atoms with van der Waals surface area (Å²) in [4.78, 5) is 0. The minimum absolute atomic E-state index is 0.590. The Kier molecular flexibility index (Phi) is 2.95. The van der Waals surface area contributed by atoms with Crippen LogP contribution < -0.4 is 9.47 Å². The smallest absolute Gasteiger partial charge is 0.135 e. The minimum Gasteiger partial charge on any atom is -0.488 e. The highest BCUT2D eigenvalue weighted by Gasteiger charge is 2.28. The maximum absolute atomic E-state index is 6.22. The fourth-order valence-corrected chi connectivity index (χ4v) is 3.57. The second kappa shape index (κ2) is 5.27. The molecule has 0 aromatic heterocycles. The van der Waals surface area contributed by atoms with Crippen molar-refractivity contribution in [2.75, 3.05) is 13.2 Å². The lowest BCUT2D eigenvalue weighted by Gasteiger charge is -2.30. The molecule has 0 unspecified atom stereocenters. The lowest BCUT2D eigenvalue weighted by Crippen LogP contribution is -2.19. The highest BCUT2D eigenvalue weighted by atomic mass is 16.5. The summed E-state index contributed by atoms with van der Waals surface area (Å²) in [6.07, 6.45) is 0. The predicted octanol–water partition coefficient (Wildman–Crippen LogP) is 5.05. The Morgan fingerprint density at radius 1 is 0.542 bits per heavy atom. The van der Waals surface area contributed by atoms with Gasteiger partial charge in [0.05, 0.1) is 0 Å². The van der Waals surface area contributed by atoms with Crippen LogP contribution in [0.25, 0.3) is 22.3 Å². The number of benzene rings is 3. The monoisotopic (exact) mass is 312 g/mol. The summed E-state index contributed by atoms with van der Waals surface area (Å²) >= 11 is 0. The van der Waals surface area contributed by atoms with Gasteiger partial charge in [0, 0.05) is 27.8 Å². The first-order valence-electron chi connectivity index (χ1n) is 8.17. The van der Waals surface area contributed by atoms with Gasteiger partial charge < -0.3 is 9.47 Å². The zero-order chi connectivity index (χ0) is 15.9. The van der Waals surface area contributed by atoms with E-state index < -0.39 is 0 Å². The molecule has 0 saturated carbocycles. The molecule has 2 heteroatoms. The molecule has 3 aromatic rings. The third kappa shape index (κ3) is 1.96. The molecule has 2 aliphatic heterocycles. The van der Waals surface area contributed by atoms with E-state index >= 15 is 0 Å². The van der Waals surface area contributed by atoms with Gasteiger partial charge in [-0.25, -0.2) is 0 Å². The lowest BCUT2D eigenvalue weighted by atomic mass is 9.88. The molecule has 0 amide bonds. The molecule has 0 fully saturated rings. The van der Waals surface area contributed by atoms with Crippen molar-refractivity contribution in [3.63, 3.8) is 0 Å². The molecule has 0 radical (unpaired) electrons. The van der Waals surface area contributed by atoms with E-state index in [1.807, 2.05) is 24.3 Å². The summed E-state index contributed by atoms with van der Waals surface area (Å²) < 4.78 is 12.2. The van der Waals surface area contributed by atoms with Crippen molar-refractivity contribution in [2.45, 2.75) is 0 Å². The molecule has 0 spiro atoms. The zero-order valence-electron chi connectivity index (χ0n) is 13.2. The van der Waals surface area contributed by atoms with Gasteiger partial charge in [0.1, 0.15) is 24.7 Å². The van der Waals surface area contributed by atoms with Crippen LogP contribution in [0.15, 0.2) is 72.8 Å². The molecule has 0 bridgehead atoms. The molecule has 2 heterocycles. The maximum Gasteiger partial charge on any atom is 0.135 e. The number of hydrogen-bond donors (Lipinski definition) is 0. The van der Waals surface area contributed by atoms with E-state index in [1.165, 1.54) is 16.7 Å². The normalized spacial score (nSPS) is 14.8. The molecule has 116 valence electrons. The molecule has 0 aliphatic carbocycles. The first-order valence-corrected chi connectivity index (χ1v) is 8.17. The highest BCUT2D eigenvalue weighted by molar-refractivity contribution is 5.99. The first-order chi connectivity index (χ1) is 11.9. The van der Waals surface area contributed by atoms with Gasteiger partial charge >= 0.3 is 0 Å². The van der Waals surface area contributed by atoms with Crippen molar-refractivity contribution < 1.29 is 9.47 Å². The van der Waals surface area contributed by atoms with Crippen molar-refractivity contribution in [1.29, 1.82) is 0 Å². The van der Waals surface area contributed by atoms with Crippen molar-refractivity contribution in [2.24, 2.45) is 0 Å². The average molecular weight is 312 g/mol. The number of rotatable bonds is 1. The van der Waals surface area contributed by atoms with Gasteiger partial charge in [-0.15, -0.1) is 0 Å². The third-order valence-corrected chi connectivity index (χ3v) is 4.73. The van der Waals surface area contributed by atoms with Gasteiger partial charge in [0.2, 0.25) is 0 Å². The second-order valence-electron chi connectivity index (χ2n) is 6.08. The molecular formula is C22H16O2. The molecule has 2 aliphatic rings. The zero-order valence-corrected chi connectivity index (χ0v) is 13.2. The number of fused-ring (bicyclic) bond motifs is 4. The SMILES string of the molecule is c1ccc(-c2cccc3c2OCC2=C3COc3ccccc32)cc1. The topological polar surface area (TPSA) is 18.5 Å². The van der Waals surface area contributed by atoms with Crippen LogP contribution in [0.4, 0.5) is 0 Å². The summed E-state index contributed by atoms with van der Waals surface area (Å²) in [5.41, 5.74) is 7.10. The third-order valence-electron chi connectivity index (χ3n) is 4.73. The fourth-order valence-electron chi connectivity index (χ4n) is 3.57. The van der Waals surface area contributed by atoms with Crippen LogP contribution in [0.3, 0.4) is 0 Å². The van der Waals surface area contributed by atoms with Crippen LogP contribution in [-0.4, -0.2) is 13.2 Å². The van der Waals surface area contributed by atoms with Gasteiger partial charge in [-0.3, -0.25) is 0 Å². The van der Waals surface area contributed by atoms with Crippen LogP contribution in [0.1, 0.15) is 11.1 Å². The van der Waals surface area contributed by atoms with Crippen LogP contribution >= 0.6 is 0 Å². The van der Waals surface area contributed by atoms with E-state index in [1.54, 1.807) is 0 Å². The summed E-state index contributed by atoms with van der Waals surface area (Å²) in [6, 6.07) is 24.9. The Morgan fingerprint density at radius 2 is 1.21 bits per heavy atom. The van der Waals surface area contributed by atoms with Crippen LogP contribution in [0.5, 0.6) is 11.5 Å². The number of ether oxygens (including phenoxy) is 2. The van der Waals surface area contributed by atoms with E-state index in [0.29, 0.717) is 13.2 Å². The highest BCUT2D eigenvalue weighted by Crippen LogP contribution is 2.46. The summed E-state index contributed by atoms with van der Waals surface area (Å²) in [7, 11) is 0. The molecule has 3 aromatic carbocycles. The second-order valence-corrected chi connectivity index (χ2v) is 6.08. The van der Waals surface area contributed by atoms with Gasteiger partial charge in [-0.1, -0.05) is 66.7 Å². The molecule has 5 rings (SSSR count). The molecule has 0 saturated heterocycles. The molecule has 2 nitrogen and oxygen atoms in total. The molecule has 0 N–H and O–H groups in total. The maximum atomic E-state index is 6.22. The van der Waals surface area contributed by atoms with Crippen LogP contribution in [0, 0.1) is 0 Å². The summed E-state index contributed by atoms with van der Waals surface area (Å²) in [5, 5.41) is 0. The quantitative estimate of drug-likeness (QED) is 0.626. The van der Waals surface area contributed by atoms with Gasteiger partial charge in [0.15, 0.2) is 0 Å². The van der Waals surface area contributed by atoms with Crippen molar-refractivity contribution in [3.8, 4) is 22.6 Å². The lowest BCUT2D eigenvalue weighted by molar-refractivity contribution is 0.338. The summed E-state index contributed by atoms with van der Waals surface area (Å²) in [6.45, 7) is 1.19. The van der Waals surface area contributed by atoms with Gasteiger partial charge in [-0.2, -0.15) is 0 Å². The van der Waals surface area contributed by atoms with Crippen molar-refractivity contribution in [3.05, 3.63) is 83.9 Å². The van der Waals surface area contributed by atoms with Crippen molar-refractivity contribution in [1.82, 2.24) is 0 Å². The van der Waals surface area contributed by atoms with E-state index in [0.717, 1.165) is 28.2 Å². The predicted molar refractivity (Wildman–Crippen MR) is 96.1 cm³/mol. The van der Waals surface area contributed by atoms with Crippen molar-refractivity contribution >= 4 is 11.1 Å². The van der Waals surface area contributed by atoms with E-state index in [9.17, 15) is 0 Å². The van der Waals surface area contributed by atoms with E-state index in [-0.39, 0.29) is 0 Å². The Hall–Kier alpha value is -3.00. The van der Waals surface area contributed by atoms with E-state index in [2.05, 4.69) is 48.5 Å². The first kappa shape index (κ1) is 13.4. The van der Waals surface area contributed by atoms with E-state index in [4.69, 9.17) is 9.47 Å². The van der Waals surface area contributed by atoms with Crippen LogP contribution in [-0.2, 0) is 0 Å². The molecule has 24 heavy (non-hydrogen) atoms. The minimum atomic E-state index is 0.590. The van der Waals surface area contributed by atoms with Gasteiger partial charge in [0.25, 0.3) is 0 Å². The number of hydrogen-bond acceptors (Lipinski definition) is 2. The van der Waals surface area contributed by atoms with Gasteiger partial charge in [-0.05, 0) is 11.6 Å². The largest absolute Gasteiger partial charge is 0.488 e. The fraction of sp³-hybridized carbons (Fsp3) is 0.0909. The molecular weight excluding hydrogens is 296 g/mol. The summed E-state index contributed by atoms with van der Waals surface area (Å²) in [5.74, 6) is 1.91. The average Bonchev–Trinajstić information content (AvgIpc) is 2.67. The Morgan fingerprint density at radius 3 is 2.12 bits per heavy atom. The Bertz CT molecular complexity index is 955. The Balaban J connectivity index is 1.71.